The molecule has 4 aliphatic rings. The van der Waals surface area contributed by atoms with Gasteiger partial charge >= 0.3 is 0 Å². The molecule has 49 heavy (non-hydrogen) atoms. The van der Waals surface area contributed by atoms with Crippen molar-refractivity contribution in [1.29, 1.82) is 0 Å². The summed E-state index contributed by atoms with van der Waals surface area (Å²) in [5, 5.41) is 15.0. The molecular formula is C36H71N3O5Si5. The van der Waals surface area contributed by atoms with E-state index in [9.17, 15) is 0 Å². The maximum Gasteiger partial charge on any atom is 0.278 e. The van der Waals surface area contributed by atoms with Crippen LogP contribution in [0.3, 0.4) is 0 Å². The van der Waals surface area contributed by atoms with Crippen molar-refractivity contribution in [3.63, 3.8) is 0 Å². The van der Waals surface area contributed by atoms with Gasteiger partial charge in [0.05, 0.1) is 18.0 Å². The normalized spacial score (nSPS) is 36.0. The Balaban J connectivity index is 1.88. The zero-order valence-electron chi connectivity index (χ0n) is 34.3. The first kappa shape index (κ1) is 40.9. The van der Waals surface area contributed by atoms with Crippen LogP contribution in [0.1, 0.15) is 52.4 Å². The minimum atomic E-state index is -2.08. The van der Waals surface area contributed by atoms with Crippen LogP contribution in [0.15, 0.2) is 27.6 Å². The summed E-state index contributed by atoms with van der Waals surface area (Å²) in [6.45, 7) is 39.0. The van der Waals surface area contributed by atoms with Gasteiger partial charge in [0.2, 0.25) is 0 Å². The van der Waals surface area contributed by atoms with Crippen molar-refractivity contribution in [3.05, 3.63) is 12.2 Å². The standard InChI is InChI=1S/C36H71N3O5Si5/c1-34-22-20-28(37-42-47(9,10)11)24-27(34)18-19-29-30-21-23-36(41-46(6,7)8,32(26-40-45(3,4)5)39-44-49(15,16)17)35(30,2)25-31(33(29)34)38-43-48(12,13)14/h20,22,27,29-30,33H,18-19,21,23-26H2,1-17H3/t27?,29?,30?,33?,34?,35?,36-/m0/s1. The molecule has 0 aliphatic heterocycles. The van der Waals surface area contributed by atoms with Gasteiger partial charge in [-0.3, -0.25) is 0 Å². The van der Waals surface area contributed by atoms with Crippen molar-refractivity contribution in [3.8, 4) is 0 Å². The first-order valence-corrected chi connectivity index (χ1v) is 35.9. The topological polar surface area (TPSA) is 83.2 Å². The summed E-state index contributed by atoms with van der Waals surface area (Å²) in [6, 6.07) is 0. The Morgan fingerprint density at radius 2 is 1.33 bits per heavy atom. The third kappa shape index (κ3) is 9.58. The van der Waals surface area contributed by atoms with Gasteiger partial charge in [0.15, 0.2) is 16.6 Å². The Morgan fingerprint density at radius 3 is 1.88 bits per heavy atom. The van der Waals surface area contributed by atoms with Crippen molar-refractivity contribution in [2.24, 2.45) is 50.0 Å². The molecule has 3 saturated carbocycles. The van der Waals surface area contributed by atoms with Gasteiger partial charge < -0.3 is 22.4 Å². The lowest BCUT2D eigenvalue weighted by Gasteiger charge is -2.61. The summed E-state index contributed by atoms with van der Waals surface area (Å²) in [5.74, 6) is 1.71. The van der Waals surface area contributed by atoms with Crippen molar-refractivity contribution < 1.29 is 22.4 Å². The molecule has 4 aliphatic carbocycles. The molecule has 280 valence electrons. The van der Waals surface area contributed by atoms with Crippen LogP contribution in [-0.2, 0) is 22.4 Å². The van der Waals surface area contributed by atoms with E-state index in [0.717, 1.165) is 37.1 Å². The monoisotopic (exact) mass is 765 g/mol. The lowest BCUT2D eigenvalue weighted by Crippen LogP contribution is -2.64. The zero-order chi connectivity index (χ0) is 37.1. The summed E-state index contributed by atoms with van der Waals surface area (Å²) in [6.07, 6.45) is 10.9. The predicted octanol–water partition coefficient (Wildman–Crippen LogP) is 10.5. The summed E-state index contributed by atoms with van der Waals surface area (Å²) in [4.78, 5) is 0. The quantitative estimate of drug-likeness (QED) is 0.112. The SMILES string of the molecule is CC12C=CC(=NO[Si](C)(C)C)CC1CCC1C2C(=NO[Si](C)(C)C)CC2(C)C1CC[C@]2(O[Si](C)(C)C)C(CO[Si](C)(C)C)=NO[Si](C)(C)C. The highest BCUT2D eigenvalue weighted by atomic mass is 28.4. The van der Waals surface area contributed by atoms with E-state index in [4.69, 9.17) is 32.7 Å². The summed E-state index contributed by atoms with van der Waals surface area (Å²) in [5.41, 5.74) is 2.38. The largest absolute Gasteiger partial charge is 0.456 e. The van der Waals surface area contributed by atoms with Gasteiger partial charge in [-0.05, 0) is 166 Å². The van der Waals surface area contributed by atoms with Crippen LogP contribution in [0.4, 0.5) is 0 Å². The summed E-state index contributed by atoms with van der Waals surface area (Å²) >= 11 is 0. The number of nitrogens with zero attached hydrogens (tertiary/aromatic N) is 3. The fraction of sp³-hybridized carbons (Fsp3) is 0.861. The van der Waals surface area contributed by atoms with Crippen LogP contribution >= 0.6 is 0 Å². The van der Waals surface area contributed by atoms with Gasteiger partial charge in [0.1, 0.15) is 11.3 Å². The molecule has 0 aromatic carbocycles. The second kappa shape index (κ2) is 13.9. The minimum absolute atomic E-state index is 0.0340. The average molecular weight is 766 g/mol. The second-order valence-electron chi connectivity index (χ2n) is 20.8. The van der Waals surface area contributed by atoms with Crippen LogP contribution < -0.4 is 0 Å². The predicted molar refractivity (Wildman–Crippen MR) is 219 cm³/mol. The zero-order valence-corrected chi connectivity index (χ0v) is 39.3. The van der Waals surface area contributed by atoms with Gasteiger partial charge in [0, 0.05) is 11.3 Å². The first-order valence-electron chi connectivity index (χ1n) is 18.9. The van der Waals surface area contributed by atoms with E-state index in [1.54, 1.807) is 0 Å². The average Bonchev–Trinajstić information content (AvgIpc) is 3.19. The second-order valence-corrected chi connectivity index (χ2v) is 43.0. The van der Waals surface area contributed by atoms with Crippen molar-refractivity contribution in [2.75, 3.05) is 6.61 Å². The Hall–Kier alpha value is -0.846. The number of oxime groups is 3. The van der Waals surface area contributed by atoms with E-state index < -0.39 is 47.2 Å². The Labute approximate surface area is 304 Å². The number of hydrogen-bond donors (Lipinski definition) is 0. The smallest absolute Gasteiger partial charge is 0.278 e. The highest BCUT2D eigenvalue weighted by molar-refractivity contribution is 6.71. The number of fused-ring (bicyclic) bond motifs is 5. The van der Waals surface area contributed by atoms with Gasteiger partial charge in [-0.15, -0.1) is 15.5 Å². The van der Waals surface area contributed by atoms with E-state index >= 15 is 0 Å². The van der Waals surface area contributed by atoms with Crippen molar-refractivity contribution >= 4 is 58.7 Å². The molecule has 0 bridgehead atoms. The lowest BCUT2D eigenvalue weighted by atomic mass is 9.44. The molecule has 0 amide bonds. The maximum atomic E-state index is 7.58. The molecule has 4 rings (SSSR count). The molecule has 0 aromatic rings. The Kier molecular flexibility index (Phi) is 11.6. The fourth-order valence-corrected chi connectivity index (χ4v) is 12.2. The lowest BCUT2D eigenvalue weighted by molar-refractivity contribution is -0.0593. The van der Waals surface area contributed by atoms with E-state index in [2.05, 4.69) is 129 Å². The van der Waals surface area contributed by atoms with Crippen molar-refractivity contribution in [1.82, 2.24) is 0 Å². The minimum Gasteiger partial charge on any atom is -0.456 e. The van der Waals surface area contributed by atoms with Gasteiger partial charge in [0.25, 0.3) is 25.0 Å². The fourth-order valence-electron chi connectivity index (χ4n) is 8.96. The van der Waals surface area contributed by atoms with Crippen LogP contribution in [0.5, 0.6) is 0 Å². The molecule has 0 radical (unpaired) electrons. The molecule has 0 heterocycles. The summed E-state index contributed by atoms with van der Waals surface area (Å²) in [7, 11) is -9.62. The van der Waals surface area contributed by atoms with E-state index in [1.807, 2.05) is 0 Å². The molecule has 0 aromatic heterocycles. The molecule has 6 unspecified atom stereocenters. The van der Waals surface area contributed by atoms with E-state index in [-0.39, 0.29) is 10.8 Å². The highest BCUT2D eigenvalue weighted by Gasteiger charge is 2.69. The number of hydrogen-bond acceptors (Lipinski definition) is 8. The molecule has 7 atom stereocenters. The highest BCUT2D eigenvalue weighted by Crippen LogP contribution is 2.68. The molecule has 0 saturated heterocycles. The first-order chi connectivity index (χ1) is 22.1. The third-order valence-electron chi connectivity index (χ3n) is 10.8. The third-order valence-corrected chi connectivity index (χ3v) is 14.7. The van der Waals surface area contributed by atoms with Crippen LogP contribution in [0.2, 0.25) is 98.2 Å². The maximum absolute atomic E-state index is 7.58. The molecule has 13 heteroatoms. The van der Waals surface area contributed by atoms with Crippen LogP contribution in [0.25, 0.3) is 0 Å². The van der Waals surface area contributed by atoms with Crippen molar-refractivity contribution in [2.45, 2.75) is 156 Å². The van der Waals surface area contributed by atoms with Crippen LogP contribution in [0, 0.1) is 34.5 Å². The molecular weight excluding hydrogens is 695 g/mol. The van der Waals surface area contributed by atoms with Gasteiger partial charge in [-0.25, -0.2) is 0 Å². The molecule has 0 N–H and O–H groups in total. The molecule has 3 fully saturated rings. The van der Waals surface area contributed by atoms with Gasteiger partial charge in [-0.2, -0.15) is 0 Å². The van der Waals surface area contributed by atoms with E-state index in [0.29, 0.717) is 30.3 Å². The summed E-state index contributed by atoms with van der Waals surface area (Å²) < 4.78 is 33.2. The number of rotatable bonds is 12. The Morgan fingerprint density at radius 1 is 0.735 bits per heavy atom. The molecule has 0 spiro atoms. The van der Waals surface area contributed by atoms with E-state index in [1.165, 1.54) is 18.6 Å². The van der Waals surface area contributed by atoms with Crippen LogP contribution in [-0.4, -0.2) is 70.9 Å². The van der Waals surface area contributed by atoms with Gasteiger partial charge in [-0.1, -0.05) is 19.9 Å². The Bertz CT molecular complexity index is 1340. The molecule has 8 nitrogen and oxygen atoms in total. The number of allylic oxidation sites excluding steroid dienone is 2.